The van der Waals surface area contributed by atoms with Crippen molar-refractivity contribution >= 4 is 11.9 Å². The fourth-order valence-electron chi connectivity index (χ4n) is 2.47. The molecule has 1 amide bonds. The number of carbonyl (C=O) groups is 2. The lowest BCUT2D eigenvalue weighted by atomic mass is 10.1. The number of nitrogens with zero attached hydrogens (tertiary/aromatic N) is 3. The fourth-order valence-corrected chi connectivity index (χ4v) is 2.47. The maximum atomic E-state index is 12.3. The van der Waals surface area contributed by atoms with Crippen molar-refractivity contribution in [3.8, 4) is 0 Å². The predicted molar refractivity (Wildman–Crippen MR) is 76.7 cm³/mol. The molecule has 0 radical (unpaired) electrons. The van der Waals surface area contributed by atoms with Gasteiger partial charge in [0.2, 0.25) is 0 Å². The van der Waals surface area contributed by atoms with Crippen molar-refractivity contribution in [1.29, 1.82) is 0 Å². The SMILES string of the molecule is CC(C)(C)OC(=O)N1C[C@H](n2cccn2)C[C@H]1C(=O)CN. The summed E-state index contributed by atoms with van der Waals surface area (Å²) < 4.78 is 7.14. The van der Waals surface area contributed by atoms with Gasteiger partial charge in [0.25, 0.3) is 0 Å². The molecule has 7 heteroatoms. The normalized spacial score (nSPS) is 22.4. The van der Waals surface area contributed by atoms with Crippen LogP contribution in [-0.4, -0.2) is 51.3 Å². The number of amides is 1. The first kappa shape index (κ1) is 15.5. The number of hydrogen-bond donors (Lipinski definition) is 1. The maximum Gasteiger partial charge on any atom is 0.410 e. The van der Waals surface area contributed by atoms with Crippen molar-refractivity contribution in [2.45, 2.75) is 44.9 Å². The summed E-state index contributed by atoms with van der Waals surface area (Å²) in [7, 11) is 0. The highest BCUT2D eigenvalue weighted by molar-refractivity contribution is 5.89. The average Bonchev–Trinajstić information content (AvgIpc) is 3.04. The third-order valence-electron chi connectivity index (χ3n) is 3.38. The Labute approximate surface area is 124 Å². The van der Waals surface area contributed by atoms with Gasteiger partial charge < -0.3 is 10.5 Å². The van der Waals surface area contributed by atoms with Gasteiger partial charge >= 0.3 is 6.09 Å². The van der Waals surface area contributed by atoms with Crippen LogP contribution >= 0.6 is 0 Å². The van der Waals surface area contributed by atoms with Crippen molar-refractivity contribution in [2.24, 2.45) is 5.73 Å². The minimum atomic E-state index is -0.600. The Morgan fingerprint density at radius 2 is 2.14 bits per heavy atom. The molecule has 0 saturated carbocycles. The van der Waals surface area contributed by atoms with Crippen LogP contribution in [0.2, 0.25) is 0 Å². The summed E-state index contributed by atoms with van der Waals surface area (Å²) in [5.41, 5.74) is 4.85. The Kier molecular flexibility index (Phi) is 4.32. The van der Waals surface area contributed by atoms with Crippen molar-refractivity contribution in [3.05, 3.63) is 18.5 Å². The summed E-state index contributed by atoms with van der Waals surface area (Å²) >= 11 is 0. The fraction of sp³-hybridized carbons (Fsp3) is 0.643. The van der Waals surface area contributed by atoms with Crippen LogP contribution in [-0.2, 0) is 9.53 Å². The first-order valence-corrected chi connectivity index (χ1v) is 7.03. The van der Waals surface area contributed by atoms with Crippen LogP contribution in [0, 0.1) is 0 Å². The quantitative estimate of drug-likeness (QED) is 0.896. The number of ketones is 1. The molecule has 21 heavy (non-hydrogen) atoms. The average molecular weight is 294 g/mol. The van der Waals surface area contributed by atoms with Gasteiger partial charge in [0.05, 0.1) is 18.6 Å². The zero-order valence-electron chi connectivity index (χ0n) is 12.7. The van der Waals surface area contributed by atoms with Gasteiger partial charge in [0.1, 0.15) is 5.60 Å². The van der Waals surface area contributed by atoms with E-state index in [4.69, 9.17) is 10.5 Å². The summed E-state index contributed by atoms with van der Waals surface area (Å²) in [6.45, 7) is 5.70. The molecular formula is C14H22N4O3. The summed E-state index contributed by atoms with van der Waals surface area (Å²) in [4.78, 5) is 25.8. The van der Waals surface area contributed by atoms with Crippen LogP contribution in [0.4, 0.5) is 4.79 Å². The maximum absolute atomic E-state index is 12.3. The van der Waals surface area contributed by atoms with Gasteiger partial charge in [-0.2, -0.15) is 5.10 Å². The Morgan fingerprint density at radius 1 is 1.43 bits per heavy atom. The molecule has 1 aliphatic heterocycles. The molecule has 116 valence electrons. The first-order chi connectivity index (χ1) is 9.81. The topological polar surface area (TPSA) is 90.5 Å². The van der Waals surface area contributed by atoms with Crippen LogP contribution in [0.25, 0.3) is 0 Å². The summed E-state index contributed by atoms with van der Waals surface area (Å²) in [6, 6.07) is 1.24. The highest BCUT2D eigenvalue weighted by Gasteiger charge is 2.41. The van der Waals surface area contributed by atoms with E-state index in [1.165, 1.54) is 4.90 Å². The molecule has 1 aromatic heterocycles. The van der Waals surface area contributed by atoms with Crippen molar-refractivity contribution < 1.29 is 14.3 Å². The molecule has 2 rings (SSSR count). The van der Waals surface area contributed by atoms with Gasteiger partial charge in [-0.05, 0) is 33.3 Å². The zero-order chi connectivity index (χ0) is 15.6. The number of likely N-dealkylation sites (tertiary alicyclic amines) is 1. The Morgan fingerprint density at radius 3 is 2.67 bits per heavy atom. The molecule has 2 N–H and O–H groups in total. The Balaban J connectivity index is 2.16. The van der Waals surface area contributed by atoms with E-state index in [9.17, 15) is 9.59 Å². The molecule has 0 unspecified atom stereocenters. The molecule has 1 aromatic rings. The number of ether oxygens (including phenoxy) is 1. The first-order valence-electron chi connectivity index (χ1n) is 7.03. The molecular weight excluding hydrogens is 272 g/mol. The van der Waals surface area contributed by atoms with E-state index in [2.05, 4.69) is 5.10 Å². The van der Waals surface area contributed by atoms with E-state index in [-0.39, 0.29) is 18.4 Å². The van der Waals surface area contributed by atoms with Crippen molar-refractivity contribution in [1.82, 2.24) is 14.7 Å². The van der Waals surface area contributed by atoms with Gasteiger partial charge in [-0.15, -0.1) is 0 Å². The lowest BCUT2D eigenvalue weighted by Crippen LogP contribution is -2.45. The number of carbonyl (C=O) groups excluding carboxylic acids is 2. The van der Waals surface area contributed by atoms with Gasteiger partial charge in [-0.25, -0.2) is 4.79 Å². The number of hydrogen-bond acceptors (Lipinski definition) is 5. The Hall–Kier alpha value is -1.89. The lowest BCUT2D eigenvalue weighted by molar-refractivity contribution is -0.122. The molecule has 7 nitrogen and oxygen atoms in total. The van der Waals surface area contributed by atoms with E-state index in [0.29, 0.717) is 13.0 Å². The third kappa shape index (κ3) is 3.60. The van der Waals surface area contributed by atoms with E-state index in [0.717, 1.165) is 0 Å². The highest BCUT2D eigenvalue weighted by atomic mass is 16.6. The highest BCUT2D eigenvalue weighted by Crippen LogP contribution is 2.28. The third-order valence-corrected chi connectivity index (χ3v) is 3.38. The molecule has 0 bridgehead atoms. The largest absolute Gasteiger partial charge is 0.444 e. The number of Topliss-reactive ketones (excluding diaryl/α,β-unsaturated/α-hetero) is 1. The zero-order valence-corrected chi connectivity index (χ0v) is 12.7. The van der Waals surface area contributed by atoms with Crippen molar-refractivity contribution in [3.63, 3.8) is 0 Å². The number of nitrogens with two attached hydrogens (primary N) is 1. The van der Waals surface area contributed by atoms with Crippen LogP contribution in [0.1, 0.15) is 33.2 Å². The van der Waals surface area contributed by atoms with Gasteiger partial charge in [0.15, 0.2) is 5.78 Å². The van der Waals surface area contributed by atoms with Crippen LogP contribution < -0.4 is 5.73 Å². The minimum absolute atomic E-state index is 0.0342. The second-order valence-electron chi connectivity index (χ2n) is 6.19. The lowest BCUT2D eigenvalue weighted by Gasteiger charge is -2.27. The Bertz CT molecular complexity index is 507. The second-order valence-corrected chi connectivity index (χ2v) is 6.19. The standard InChI is InChI=1S/C14H22N4O3/c1-14(2,3)21-13(20)17-9-10(18-6-4-5-16-18)7-11(17)12(19)8-15/h4-6,10-11H,7-9,15H2,1-3H3/t10-,11+/m1/s1. The van der Waals surface area contributed by atoms with Crippen molar-refractivity contribution in [2.75, 3.05) is 13.1 Å². The second kappa shape index (κ2) is 5.85. The van der Waals surface area contributed by atoms with Gasteiger partial charge in [0, 0.05) is 18.9 Å². The van der Waals surface area contributed by atoms with Gasteiger partial charge in [-0.1, -0.05) is 0 Å². The molecule has 0 spiro atoms. The van der Waals surface area contributed by atoms with Gasteiger partial charge in [-0.3, -0.25) is 14.4 Å². The summed E-state index contributed by atoms with van der Waals surface area (Å²) in [5.74, 6) is -0.157. The number of aromatic nitrogens is 2. The molecule has 2 atom stereocenters. The van der Waals surface area contributed by atoms with E-state index >= 15 is 0 Å². The van der Waals surface area contributed by atoms with Crippen LogP contribution in [0.5, 0.6) is 0 Å². The molecule has 1 fully saturated rings. The predicted octanol–water partition coefficient (Wildman–Crippen LogP) is 0.961. The van der Waals surface area contributed by atoms with E-state index in [1.807, 2.05) is 12.3 Å². The van der Waals surface area contributed by atoms with E-state index in [1.54, 1.807) is 31.6 Å². The minimum Gasteiger partial charge on any atom is -0.444 e. The molecule has 1 aliphatic rings. The molecule has 0 aromatic carbocycles. The number of rotatable bonds is 3. The summed E-state index contributed by atoms with van der Waals surface area (Å²) in [6.07, 6.45) is 3.53. The van der Waals surface area contributed by atoms with Crippen LogP contribution in [0.3, 0.4) is 0 Å². The summed E-state index contributed by atoms with van der Waals surface area (Å²) in [5, 5.41) is 4.18. The molecule has 2 heterocycles. The smallest absolute Gasteiger partial charge is 0.410 e. The van der Waals surface area contributed by atoms with E-state index < -0.39 is 17.7 Å². The molecule has 1 saturated heterocycles. The van der Waals surface area contributed by atoms with Crippen LogP contribution in [0.15, 0.2) is 18.5 Å². The monoisotopic (exact) mass is 294 g/mol. The molecule has 0 aliphatic carbocycles.